The van der Waals surface area contributed by atoms with Gasteiger partial charge in [-0.2, -0.15) is 0 Å². The molecule has 19 heavy (non-hydrogen) atoms. The van der Waals surface area contributed by atoms with Crippen LogP contribution in [-0.2, 0) is 0 Å². The highest BCUT2D eigenvalue weighted by molar-refractivity contribution is 9.10. The van der Waals surface area contributed by atoms with Gasteiger partial charge < -0.3 is 4.90 Å². The van der Waals surface area contributed by atoms with Crippen molar-refractivity contribution in [1.29, 1.82) is 0 Å². The SMILES string of the molecule is O=C(c1ccc(F)c(Br)c1)N1CCN(CCCl)CC1. The van der Waals surface area contributed by atoms with Crippen LogP contribution in [0.15, 0.2) is 22.7 Å². The molecule has 6 heteroatoms. The van der Waals surface area contributed by atoms with Crippen molar-refractivity contribution in [1.82, 2.24) is 9.80 Å². The van der Waals surface area contributed by atoms with E-state index >= 15 is 0 Å². The average molecular weight is 350 g/mol. The van der Waals surface area contributed by atoms with Crippen LogP contribution in [0.2, 0.25) is 0 Å². The number of nitrogens with zero attached hydrogens (tertiary/aromatic N) is 2. The van der Waals surface area contributed by atoms with Gasteiger partial charge in [0.2, 0.25) is 0 Å². The lowest BCUT2D eigenvalue weighted by molar-refractivity contribution is 0.0644. The molecule has 3 nitrogen and oxygen atoms in total. The summed E-state index contributed by atoms with van der Waals surface area (Å²) in [5, 5.41) is 0. The third-order valence-electron chi connectivity index (χ3n) is 3.23. The topological polar surface area (TPSA) is 23.6 Å². The number of rotatable bonds is 3. The fourth-order valence-corrected chi connectivity index (χ4v) is 2.72. The number of benzene rings is 1. The van der Waals surface area contributed by atoms with Crippen molar-refractivity contribution in [3.8, 4) is 0 Å². The van der Waals surface area contributed by atoms with E-state index in [9.17, 15) is 9.18 Å². The zero-order valence-corrected chi connectivity index (χ0v) is 12.8. The smallest absolute Gasteiger partial charge is 0.253 e. The van der Waals surface area contributed by atoms with Crippen LogP contribution in [0.4, 0.5) is 4.39 Å². The normalized spacial score (nSPS) is 16.7. The Morgan fingerprint density at radius 3 is 2.58 bits per heavy atom. The van der Waals surface area contributed by atoms with Crippen molar-refractivity contribution >= 4 is 33.4 Å². The highest BCUT2D eigenvalue weighted by Crippen LogP contribution is 2.18. The molecule has 1 fully saturated rings. The fourth-order valence-electron chi connectivity index (χ4n) is 2.11. The number of carbonyl (C=O) groups is 1. The molecule has 1 aliphatic rings. The second kappa shape index (κ2) is 6.68. The first kappa shape index (κ1) is 14.8. The van der Waals surface area contributed by atoms with Gasteiger partial charge in [0.1, 0.15) is 5.82 Å². The molecule has 0 spiro atoms. The van der Waals surface area contributed by atoms with Gasteiger partial charge in [-0.3, -0.25) is 9.69 Å². The molecule has 2 rings (SSSR count). The predicted molar refractivity (Wildman–Crippen MR) is 77.2 cm³/mol. The second-order valence-corrected chi connectivity index (χ2v) is 5.68. The van der Waals surface area contributed by atoms with Crippen LogP contribution >= 0.6 is 27.5 Å². The predicted octanol–water partition coefficient (Wildman–Crippen LogP) is 2.58. The summed E-state index contributed by atoms with van der Waals surface area (Å²) in [6.45, 7) is 3.89. The summed E-state index contributed by atoms with van der Waals surface area (Å²) < 4.78 is 13.5. The van der Waals surface area contributed by atoms with Gasteiger partial charge in [-0.05, 0) is 34.1 Å². The summed E-state index contributed by atoms with van der Waals surface area (Å²) in [5.41, 5.74) is 0.513. The van der Waals surface area contributed by atoms with E-state index in [0.29, 0.717) is 29.0 Å². The van der Waals surface area contributed by atoms with Crippen molar-refractivity contribution in [3.05, 3.63) is 34.1 Å². The Kier molecular flexibility index (Phi) is 5.19. The summed E-state index contributed by atoms with van der Waals surface area (Å²) in [5.74, 6) is 0.202. The largest absolute Gasteiger partial charge is 0.336 e. The second-order valence-electron chi connectivity index (χ2n) is 4.45. The maximum Gasteiger partial charge on any atom is 0.253 e. The highest BCUT2D eigenvalue weighted by Gasteiger charge is 2.22. The zero-order valence-electron chi connectivity index (χ0n) is 10.4. The number of hydrogen-bond donors (Lipinski definition) is 0. The molecule has 0 aliphatic carbocycles. The van der Waals surface area contributed by atoms with Gasteiger partial charge in [0, 0.05) is 44.2 Å². The molecular weight excluding hydrogens is 335 g/mol. The minimum Gasteiger partial charge on any atom is -0.336 e. The maximum atomic E-state index is 13.1. The van der Waals surface area contributed by atoms with E-state index < -0.39 is 0 Å². The Bertz CT molecular complexity index is 464. The Balaban J connectivity index is 1.99. The molecule has 0 bridgehead atoms. The minimum absolute atomic E-state index is 0.0498. The molecule has 1 heterocycles. The third kappa shape index (κ3) is 3.68. The standard InChI is InChI=1S/C13H15BrClFN2O/c14-11-9-10(1-2-12(11)16)13(19)18-7-5-17(4-3-15)6-8-18/h1-2,9H,3-8H2. The first-order valence-electron chi connectivity index (χ1n) is 6.14. The van der Waals surface area contributed by atoms with Gasteiger partial charge >= 0.3 is 0 Å². The Morgan fingerprint density at radius 2 is 2.00 bits per heavy atom. The van der Waals surface area contributed by atoms with Gasteiger partial charge in [0.05, 0.1) is 4.47 Å². The monoisotopic (exact) mass is 348 g/mol. The average Bonchev–Trinajstić information content (AvgIpc) is 2.42. The van der Waals surface area contributed by atoms with Gasteiger partial charge in [-0.1, -0.05) is 0 Å². The van der Waals surface area contributed by atoms with Crippen LogP contribution in [0.5, 0.6) is 0 Å². The summed E-state index contributed by atoms with van der Waals surface area (Å²) in [6, 6.07) is 4.36. The van der Waals surface area contributed by atoms with Crippen LogP contribution in [-0.4, -0.2) is 54.3 Å². The van der Waals surface area contributed by atoms with Crippen molar-refractivity contribution in [2.45, 2.75) is 0 Å². The highest BCUT2D eigenvalue weighted by atomic mass is 79.9. The number of alkyl halides is 1. The number of carbonyl (C=O) groups excluding carboxylic acids is 1. The molecule has 104 valence electrons. The van der Waals surface area contributed by atoms with E-state index in [0.717, 1.165) is 19.6 Å². The van der Waals surface area contributed by atoms with Crippen molar-refractivity contribution in [3.63, 3.8) is 0 Å². The minimum atomic E-state index is -0.358. The molecule has 1 amide bonds. The summed E-state index contributed by atoms with van der Waals surface area (Å²) in [6.07, 6.45) is 0. The summed E-state index contributed by atoms with van der Waals surface area (Å²) in [4.78, 5) is 16.3. The zero-order chi connectivity index (χ0) is 13.8. The summed E-state index contributed by atoms with van der Waals surface area (Å²) in [7, 11) is 0. The first-order chi connectivity index (χ1) is 9.11. The van der Waals surface area contributed by atoms with Crippen LogP contribution in [0.25, 0.3) is 0 Å². The molecule has 1 saturated heterocycles. The van der Waals surface area contributed by atoms with E-state index in [2.05, 4.69) is 20.8 Å². The molecule has 1 aliphatic heterocycles. The number of halogens is 3. The number of amides is 1. The molecule has 0 atom stereocenters. The van der Waals surface area contributed by atoms with E-state index in [1.165, 1.54) is 18.2 Å². The van der Waals surface area contributed by atoms with Crippen molar-refractivity contribution < 1.29 is 9.18 Å². The van der Waals surface area contributed by atoms with Crippen LogP contribution < -0.4 is 0 Å². The molecule has 0 saturated carbocycles. The molecular formula is C13H15BrClFN2O. The van der Waals surface area contributed by atoms with E-state index in [-0.39, 0.29) is 11.7 Å². The number of piperazine rings is 1. The molecule has 0 radical (unpaired) electrons. The molecule has 0 N–H and O–H groups in total. The van der Waals surface area contributed by atoms with Crippen LogP contribution in [0.1, 0.15) is 10.4 Å². The Hall–Kier alpha value is -0.650. The van der Waals surface area contributed by atoms with Crippen molar-refractivity contribution in [2.24, 2.45) is 0 Å². The van der Waals surface area contributed by atoms with E-state index in [1.807, 2.05) is 0 Å². The van der Waals surface area contributed by atoms with Crippen LogP contribution in [0, 0.1) is 5.82 Å². The lowest BCUT2D eigenvalue weighted by Crippen LogP contribution is -2.49. The quantitative estimate of drug-likeness (QED) is 0.783. The third-order valence-corrected chi connectivity index (χ3v) is 4.00. The maximum absolute atomic E-state index is 13.1. The van der Waals surface area contributed by atoms with Gasteiger partial charge in [-0.25, -0.2) is 4.39 Å². The Morgan fingerprint density at radius 1 is 1.32 bits per heavy atom. The molecule has 0 unspecified atom stereocenters. The lowest BCUT2D eigenvalue weighted by Gasteiger charge is -2.34. The van der Waals surface area contributed by atoms with E-state index in [4.69, 9.17) is 11.6 Å². The van der Waals surface area contributed by atoms with Crippen LogP contribution in [0.3, 0.4) is 0 Å². The molecule has 0 aromatic heterocycles. The number of hydrogen-bond acceptors (Lipinski definition) is 2. The molecule has 1 aromatic carbocycles. The Labute approximate surface area is 125 Å². The molecule has 1 aromatic rings. The summed E-state index contributed by atoms with van der Waals surface area (Å²) >= 11 is 8.80. The fraction of sp³-hybridized carbons (Fsp3) is 0.462. The first-order valence-corrected chi connectivity index (χ1v) is 7.47. The lowest BCUT2D eigenvalue weighted by atomic mass is 10.2. The van der Waals surface area contributed by atoms with Gasteiger partial charge in [0.25, 0.3) is 5.91 Å². The van der Waals surface area contributed by atoms with Gasteiger partial charge in [-0.15, -0.1) is 11.6 Å². The van der Waals surface area contributed by atoms with E-state index in [1.54, 1.807) is 4.90 Å². The van der Waals surface area contributed by atoms with Gasteiger partial charge in [0.15, 0.2) is 0 Å². The van der Waals surface area contributed by atoms with Crippen molar-refractivity contribution in [2.75, 3.05) is 38.6 Å².